The van der Waals surface area contributed by atoms with Gasteiger partial charge < -0.3 is 4.43 Å². The summed E-state index contributed by atoms with van der Waals surface area (Å²) in [4.78, 5) is 0. The molecule has 0 bridgehead atoms. The molecule has 1 nitrogen and oxygen atoms in total. The van der Waals surface area contributed by atoms with Crippen LogP contribution in [0.15, 0.2) is 24.3 Å². The van der Waals surface area contributed by atoms with Crippen molar-refractivity contribution in [1.82, 2.24) is 0 Å². The van der Waals surface area contributed by atoms with Crippen molar-refractivity contribution in [2.75, 3.05) is 7.11 Å². The summed E-state index contributed by atoms with van der Waals surface area (Å²) in [6.45, 7) is 2.16. The van der Waals surface area contributed by atoms with Crippen LogP contribution in [0.3, 0.4) is 0 Å². The minimum Gasteiger partial charge on any atom is -0.415 e. The van der Waals surface area contributed by atoms with Gasteiger partial charge in [0, 0.05) is 7.11 Å². The summed E-state index contributed by atoms with van der Waals surface area (Å²) in [5.41, 5.74) is 1.38. The summed E-state index contributed by atoms with van der Waals surface area (Å²) < 4.78 is 5.03. The summed E-state index contributed by atoms with van der Waals surface area (Å²) in [5.74, 6) is 0. The summed E-state index contributed by atoms with van der Waals surface area (Å²) in [6.07, 6.45) is 1.11. The van der Waals surface area contributed by atoms with Gasteiger partial charge in [0.15, 0.2) is 0 Å². The molecule has 0 saturated carbocycles. The molecule has 0 heterocycles. The zero-order chi connectivity index (χ0) is 8.10. The molecular weight excluding hydrogens is 152 g/mol. The highest BCUT2D eigenvalue weighted by atomic mass is 28.2. The number of hydrogen-bond donors (Lipinski definition) is 0. The second kappa shape index (κ2) is 4.31. The molecule has 0 aliphatic carbocycles. The monoisotopic (exact) mass is 164 g/mol. The molecule has 1 aromatic carbocycles. The number of benzene rings is 1. The van der Waals surface area contributed by atoms with Crippen LogP contribution < -0.4 is 5.19 Å². The molecule has 2 radical (unpaired) electrons. The molecule has 0 N–H and O–H groups in total. The fourth-order valence-electron chi connectivity index (χ4n) is 0.926. The largest absolute Gasteiger partial charge is 0.415 e. The van der Waals surface area contributed by atoms with Crippen LogP contribution in [0.25, 0.3) is 0 Å². The van der Waals surface area contributed by atoms with Gasteiger partial charge >= 0.3 is 0 Å². The van der Waals surface area contributed by atoms with Crippen molar-refractivity contribution in [3.63, 3.8) is 0 Å². The molecule has 0 aromatic heterocycles. The second-order valence-corrected chi connectivity index (χ2v) is 3.55. The number of hydrogen-bond acceptors (Lipinski definition) is 1. The van der Waals surface area contributed by atoms with Gasteiger partial charge in [0.25, 0.3) is 9.76 Å². The van der Waals surface area contributed by atoms with E-state index in [-0.39, 0.29) is 0 Å². The van der Waals surface area contributed by atoms with Crippen LogP contribution >= 0.6 is 0 Å². The second-order valence-electron chi connectivity index (χ2n) is 2.36. The molecule has 0 aliphatic heterocycles. The molecule has 1 aromatic rings. The Morgan fingerprint density at radius 2 is 1.91 bits per heavy atom. The van der Waals surface area contributed by atoms with E-state index in [1.54, 1.807) is 7.11 Å². The van der Waals surface area contributed by atoms with Crippen LogP contribution in [-0.2, 0) is 10.8 Å². The van der Waals surface area contributed by atoms with Crippen LogP contribution in [0.1, 0.15) is 12.5 Å². The van der Waals surface area contributed by atoms with Crippen molar-refractivity contribution in [1.29, 1.82) is 0 Å². The topological polar surface area (TPSA) is 9.23 Å². The highest BCUT2D eigenvalue weighted by Gasteiger charge is 1.93. The standard InChI is InChI=1S/C9H12OSi/c1-3-8-4-6-9(7-5-8)11-10-2/h4-7H,3H2,1-2H3. The van der Waals surface area contributed by atoms with Gasteiger partial charge in [-0.2, -0.15) is 0 Å². The predicted molar refractivity (Wildman–Crippen MR) is 48.2 cm³/mol. The maximum absolute atomic E-state index is 5.03. The van der Waals surface area contributed by atoms with E-state index in [0.29, 0.717) is 9.76 Å². The molecule has 0 saturated heterocycles. The van der Waals surface area contributed by atoms with Gasteiger partial charge in [0.05, 0.1) is 0 Å². The van der Waals surface area contributed by atoms with Crippen molar-refractivity contribution in [2.24, 2.45) is 0 Å². The highest BCUT2D eigenvalue weighted by molar-refractivity contribution is 6.46. The lowest BCUT2D eigenvalue weighted by molar-refractivity contribution is 0.450. The third-order valence-corrected chi connectivity index (χ3v) is 2.36. The third kappa shape index (κ3) is 2.48. The van der Waals surface area contributed by atoms with Gasteiger partial charge in [-0.1, -0.05) is 31.2 Å². The van der Waals surface area contributed by atoms with Gasteiger partial charge in [-0.15, -0.1) is 0 Å². The van der Waals surface area contributed by atoms with Crippen molar-refractivity contribution in [2.45, 2.75) is 13.3 Å². The van der Waals surface area contributed by atoms with Crippen LogP contribution in [0.4, 0.5) is 0 Å². The van der Waals surface area contributed by atoms with E-state index >= 15 is 0 Å². The van der Waals surface area contributed by atoms with Gasteiger partial charge in [0.1, 0.15) is 0 Å². The maximum atomic E-state index is 5.03. The minimum absolute atomic E-state index is 0.485. The highest BCUT2D eigenvalue weighted by Crippen LogP contribution is 1.96. The van der Waals surface area contributed by atoms with Crippen LogP contribution in [0, 0.1) is 0 Å². The normalized spacial score (nSPS) is 10.0. The lowest BCUT2D eigenvalue weighted by Gasteiger charge is -1.98. The zero-order valence-electron chi connectivity index (χ0n) is 6.92. The Morgan fingerprint density at radius 3 is 2.36 bits per heavy atom. The van der Waals surface area contributed by atoms with E-state index < -0.39 is 0 Å². The SMILES string of the molecule is CCc1ccc([Si]OC)cc1. The molecule has 58 valence electrons. The first-order chi connectivity index (χ1) is 5.36. The molecule has 0 amide bonds. The molecule has 0 atom stereocenters. The van der Waals surface area contributed by atoms with E-state index in [9.17, 15) is 0 Å². The lowest BCUT2D eigenvalue weighted by atomic mass is 10.2. The van der Waals surface area contributed by atoms with Crippen molar-refractivity contribution < 1.29 is 4.43 Å². The third-order valence-electron chi connectivity index (χ3n) is 1.58. The van der Waals surface area contributed by atoms with Crippen LogP contribution in [0.5, 0.6) is 0 Å². The van der Waals surface area contributed by atoms with Gasteiger partial charge in [0.2, 0.25) is 0 Å². The average Bonchev–Trinajstić information content (AvgIpc) is 2.07. The van der Waals surface area contributed by atoms with E-state index in [1.807, 2.05) is 0 Å². The summed E-state index contributed by atoms with van der Waals surface area (Å²) in [7, 11) is 2.21. The Hall–Kier alpha value is -0.603. The van der Waals surface area contributed by atoms with E-state index in [1.165, 1.54) is 10.8 Å². The lowest BCUT2D eigenvalue weighted by Crippen LogP contribution is -2.15. The Balaban J connectivity index is 2.66. The molecule has 11 heavy (non-hydrogen) atoms. The molecule has 0 fully saturated rings. The Kier molecular flexibility index (Phi) is 3.33. The molecule has 1 rings (SSSR count). The zero-order valence-corrected chi connectivity index (χ0v) is 7.92. The fourth-order valence-corrected chi connectivity index (χ4v) is 1.46. The summed E-state index contributed by atoms with van der Waals surface area (Å²) >= 11 is 0. The number of rotatable bonds is 3. The Labute approximate surface area is 70.3 Å². The van der Waals surface area contributed by atoms with Gasteiger partial charge in [-0.05, 0) is 17.2 Å². The van der Waals surface area contributed by atoms with Crippen molar-refractivity contribution in [3.8, 4) is 0 Å². The maximum Gasteiger partial charge on any atom is 0.268 e. The van der Waals surface area contributed by atoms with Crippen LogP contribution in [0.2, 0.25) is 0 Å². The molecule has 2 heteroatoms. The quantitative estimate of drug-likeness (QED) is 0.609. The molecule has 0 spiro atoms. The number of aryl methyl sites for hydroxylation is 1. The minimum atomic E-state index is 0.485. The Bertz CT molecular complexity index is 205. The van der Waals surface area contributed by atoms with E-state index in [0.717, 1.165) is 6.42 Å². The van der Waals surface area contributed by atoms with E-state index in [4.69, 9.17) is 4.43 Å². The first kappa shape index (κ1) is 8.49. The molecular formula is C9H12OSi. The fraction of sp³-hybridized carbons (Fsp3) is 0.333. The first-order valence-electron chi connectivity index (χ1n) is 3.74. The van der Waals surface area contributed by atoms with Crippen LogP contribution in [-0.4, -0.2) is 16.9 Å². The first-order valence-corrected chi connectivity index (χ1v) is 4.65. The Morgan fingerprint density at radius 1 is 1.27 bits per heavy atom. The smallest absolute Gasteiger partial charge is 0.268 e. The predicted octanol–water partition coefficient (Wildman–Crippen LogP) is 1.14. The van der Waals surface area contributed by atoms with Gasteiger partial charge in [-0.25, -0.2) is 0 Å². The van der Waals surface area contributed by atoms with E-state index in [2.05, 4.69) is 31.2 Å². The molecule has 0 unspecified atom stereocenters. The van der Waals surface area contributed by atoms with Crippen molar-refractivity contribution in [3.05, 3.63) is 29.8 Å². The molecule has 0 aliphatic rings. The summed E-state index contributed by atoms with van der Waals surface area (Å²) in [5, 5.41) is 1.27. The summed E-state index contributed by atoms with van der Waals surface area (Å²) in [6, 6.07) is 8.56. The van der Waals surface area contributed by atoms with Crippen molar-refractivity contribution >= 4 is 14.9 Å². The van der Waals surface area contributed by atoms with Gasteiger partial charge in [-0.3, -0.25) is 0 Å². The average molecular weight is 164 g/mol.